The lowest BCUT2D eigenvalue weighted by molar-refractivity contribution is -0.384. The van der Waals surface area contributed by atoms with Crippen LogP contribution in [-0.4, -0.2) is 49.1 Å². The van der Waals surface area contributed by atoms with E-state index in [4.69, 9.17) is 9.47 Å². The van der Waals surface area contributed by atoms with E-state index in [2.05, 4.69) is 10.2 Å². The largest absolute Gasteiger partial charge is 0.496 e. The van der Waals surface area contributed by atoms with Crippen LogP contribution in [0, 0.1) is 16.0 Å². The third-order valence-corrected chi connectivity index (χ3v) is 5.16. The summed E-state index contributed by atoms with van der Waals surface area (Å²) in [5, 5.41) is 13.9. The fourth-order valence-electron chi connectivity index (χ4n) is 3.59. The van der Waals surface area contributed by atoms with Gasteiger partial charge in [-0.05, 0) is 43.7 Å². The van der Waals surface area contributed by atoms with Gasteiger partial charge >= 0.3 is 0 Å². The number of hydrogen-bond acceptors (Lipinski definition) is 6. The van der Waals surface area contributed by atoms with Crippen LogP contribution >= 0.6 is 0 Å². The first-order valence-electron chi connectivity index (χ1n) is 10.1. The Morgan fingerprint density at radius 1 is 1.23 bits per heavy atom. The molecule has 0 aliphatic carbocycles. The molecule has 1 saturated heterocycles. The molecule has 30 heavy (non-hydrogen) atoms. The molecule has 2 aromatic carbocycles. The number of piperidine rings is 1. The van der Waals surface area contributed by atoms with E-state index in [9.17, 15) is 14.9 Å². The summed E-state index contributed by atoms with van der Waals surface area (Å²) in [5.41, 5.74) is -0.00243. The number of carbonyl (C=O) groups excluding carboxylic acids is 1. The van der Waals surface area contributed by atoms with E-state index in [-0.39, 0.29) is 23.7 Å². The number of nitro groups is 1. The van der Waals surface area contributed by atoms with Gasteiger partial charge in [0.25, 0.3) is 5.69 Å². The molecule has 160 valence electrons. The average Bonchev–Trinajstić information content (AvgIpc) is 2.77. The molecule has 1 amide bonds. The normalized spacial score (nSPS) is 16.6. The van der Waals surface area contributed by atoms with Crippen molar-refractivity contribution in [3.63, 3.8) is 0 Å². The van der Waals surface area contributed by atoms with Crippen LogP contribution in [0.2, 0.25) is 0 Å². The van der Waals surface area contributed by atoms with Crippen LogP contribution in [0.3, 0.4) is 0 Å². The van der Waals surface area contributed by atoms with E-state index in [1.807, 2.05) is 30.3 Å². The van der Waals surface area contributed by atoms with E-state index in [1.54, 1.807) is 6.07 Å². The van der Waals surface area contributed by atoms with Gasteiger partial charge in [0.2, 0.25) is 5.91 Å². The second-order valence-electron chi connectivity index (χ2n) is 7.37. The van der Waals surface area contributed by atoms with Crippen molar-refractivity contribution in [3.8, 4) is 11.5 Å². The van der Waals surface area contributed by atoms with E-state index in [1.165, 1.54) is 19.2 Å². The summed E-state index contributed by atoms with van der Waals surface area (Å²) in [4.78, 5) is 25.3. The van der Waals surface area contributed by atoms with Crippen LogP contribution in [0.5, 0.6) is 11.5 Å². The predicted molar refractivity (Wildman–Crippen MR) is 114 cm³/mol. The van der Waals surface area contributed by atoms with E-state index in [0.717, 1.165) is 31.7 Å². The number of ether oxygens (including phenoxy) is 2. The molecule has 1 heterocycles. The summed E-state index contributed by atoms with van der Waals surface area (Å²) in [5.74, 6) is 1.42. The fourth-order valence-corrected chi connectivity index (χ4v) is 3.59. The molecule has 8 heteroatoms. The van der Waals surface area contributed by atoms with Gasteiger partial charge in [-0.2, -0.15) is 0 Å². The molecule has 3 rings (SSSR count). The van der Waals surface area contributed by atoms with Crippen molar-refractivity contribution < 1.29 is 19.2 Å². The van der Waals surface area contributed by atoms with Crippen molar-refractivity contribution >= 4 is 17.3 Å². The Balaban J connectivity index is 1.47. The minimum atomic E-state index is -0.528. The van der Waals surface area contributed by atoms with Crippen molar-refractivity contribution in [2.45, 2.75) is 19.3 Å². The van der Waals surface area contributed by atoms with Crippen LogP contribution in [-0.2, 0) is 4.79 Å². The molecule has 1 fully saturated rings. The number of rotatable bonds is 9. The van der Waals surface area contributed by atoms with E-state index < -0.39 is 4.92 Å². The summed E-state index contributed by atoms with van der Waals surface area (Å²) in [6, 6.07) is 14.1. The Morgan fingerprint density at radius 3 is 2.77 bits per heavy atom. The molecule has 0 radical (unpaired) electrons. The number of benzene rings is 2. The molecule has 8 nitrogen and oxygen atoms in total. The molecule has 1 atom stereocenters. The molecule has 2 aromatic rings. The molecule has 0 saturated carbocycles. The third-order valence-electron chi connectivity index (χ3n) is 5.16. The van der Waals surface area contributed by atoms with E-state index >= 15 is 0 Å². The molecule has 0 bridgehead atoms. The van der Waals surface area contributed by atoms with Gasteiger partial charge < -0.3 is 19.7 Å². The SMILES string of the molecule is COc1ccc(NC(=O)CCN2CCCC(COc3ccccc3)C2)c([N+](=O)[O-])c1. The zero-order valence-corrected chi connectivity index (χ0v) is 17.1. The van der Waals surface area contributed by atoms with Crippen LogP contribution in [0.25, 0.3) is 0 Å². The second kappa shape index (κ2) is 10.6. The number of carbonyl (C=O) groups is 1. The van der Waals surface area contributed by atoms with Gasteiger partial charge in [0, 0.05) is 25.4 Å². The number of methoxy groups -OCH3 is 1. The molecule has 1 aliphatic rings. The Hall–Kier alpha value is -3.13. The Bertz CT molecular complexity index is 859. The van der Waals surface area contributed by atoms with Gasteiger partial charge in [-0.25, -0.2) is 0 Å². The molecular weight excluding hydrogens is 386 g/mol. The zero-order valence-electron chi connectivity index (χ0n) is 17.1. The lowest BCUT2D eigenvalue weighted by atomic mass is 9.99. The minimum absolute atomic E-state index is 0.179. The smallest absolute Gasteiger partial charge is 0.296 e. The molecule has 0 aromatic heterocycles. The average molecular weight is 413 g/mol. The number of likely N-dealkylation sites (tertiary alicyclic amines) is 1. The standard InChI is InChI=1S/C22H27N3O5/c1-29-19-9-10-20(21(14-19)25(27)28)23-22(26)11-13-24-12-5-6-17(15-24)16-30-18-7-3-2-4-8-18/h2-4,7-10,14,17H,5-6,11-13,15-16H2,1H3,(H,23,26). The topological polar surface area (TPSA) is 93.9 Å². The quantitative estimate of drug-likeness (QED) is 0.497. The van der Waals surface area contributed by atoms with Crippen LogP contribution in [0.4, 0.5) is 11.4 Å². The maximum atomic E-state index is 12.4. The van der Waals surface area contributed by atoms with Crippen molar-refractivity contribution in [1.29, 1.82) is 0 Å². The van der Waals surface area contributed by atoms with Crippen LogP contribution < -0.4 is 14.8 Å². The summed E-state index contributed by atoms with van der Waals surface area (Å²) in [6.45, 7) is 3.09. The van der Waals surface area contributed by atoms with Gasteiger partial charge in [0.1, 0.15) is 17.2 Å². The maximum Gasteiger partial charge on any atom is 0.296 e. The molecule has 1 unspecified atom stereocenters. The monoisotopic (exact) mass is 413 g/mol. The number of anilines is 1. The number of nitrogens with one attached hydrogen (secondary N) is 1. The summed E-state index contributed by atoms with van der Waals surface area (Å²) in [6.07, 6.45) is 2.44. The maximum absolute atomic E-state index is 12.4. The first-order valence-corrected chi connectivity index (χ1v) is 10.1. The Labute approximate surface area is 175 Å². The number of hydrogen-bond donors (Lipinski definition) is 1. The van der Waals surface area contributed by atoms with Crippen molar-refractivity contribution in [2.24, 2.45) is 5.92 Å². The van der Waals surface area contributed by atoms with Gasteiger partial charge in [0.15, 0.2) is 0 Å². The highest BCUT2D eigenvalue weighted by molar-refractivity contribution is 5.93. The third kappa shape index (κ3) is 6.18. The van der Waals surface area contributed by atoms with Crippen molar-refractivity contribution in [2.75, 3.05) is 38.7 Å². The predicted octanol–water partition coefficient (Wildman–Crippen LogP) is 3.72. The fraction of sp³-hybridized carbons (Fsp3) is 0.409. The highest BCUT2D eigenvalue weighted by Gasteiger charge is 2.22. The Morgan fingerprint density at radius 2 is 2.03 bits per heavy atom. The lowest BCUT2D eigenvalue weighted by Gasteiger charge is -2.32. The lowest BCUT2D eigenvalue weighted by Crippen LogP contribution is -2.39. The van der Waals surface area contributed by atoms with Crippen molar-refractivity contribution in [3.05, 3.63) is 58.6 Å². The Kier molecular flexibility index (Phi) is 7.62. The first-order chi connectivity index (χ1) is 14.5. The number of nitro benzene ring substituents is 1. The molecular formula is C22H27N3O5. The van der Waals surface area contributed by atoms with Gasteiger partial charge in [-0.1, -0.05) is 18.2 Å². The molecule has 0 spiro atoms. The van der Waals surface area contributed by atoms with E-state index in [0.29, 0.717) is 24.8 Å². The van der Waals surface area contributed by atoms with Gasteiger partial charge in [0.05, 0.1) is 24.7 Å². The summed E-state index contributed by atoms with van der Waals surface area (Å²) >= 11 is 0. The zero-order chi connectivity index (χ0) is 21.3. The highest BCUT2D eigenvalue weighted by Crippen LogP contribution is 2.29. The summed E-state index contributed by atoms with van der Waals surface area (Å²) in [7, 11) is 1.44. The van der Waals surface area contributed by atoms with Gasteiger partial charge in [-0.3, -0.25) is 14.9 Å². The number of para-hydroxylation sites is 1. The van der Waals surface area contributed by atoms with Gasteiger partial charge in [-0.15, -0.1) is 0 Å². The summed E-state index contributed by atoms with van der Waals surface area (Å²) < 4.78 is 10.9. The van der Waals surface area contributed by atoms with Crippen LogP contribution in [0.15, 0.2) is 48.5 Å². The second-order valence-corrected chi connectivity index (χ2v) is 7.37. The minimum Gasteiger partial charge on any atom is -0.496 e. The number of amides is 1. The van der Waals surface area contributed by atoms with Crippen molar-refractivity contribution in [1.82, 2.24) is 4.90 Å². The highest BCUT2D eigenvalue weighted by atomic mass is 16.6. The van der Waals surface area contributed by atoms with Crippen LogP contribution in [0.1, 0.15) is 19.3 Å². The molecule has 1 aliphatic heterocycles. The molecule has 1 N–H and O–H groups in total. The first kappa shape index (κ1) is 21.6. The number of nitrogens with zero attached hydrogens (tertiary/aromatic N) is 2.